The second-order valence-electron chi connectivity index (χ2n) is 4.95. The van der Waals surface area contributed by atoms with Crippen LogP contribution in [0.15, 0.2) is 30.5 Å². The second-order valence-corrected chi connectivity index (χ2v) is 4.95. The molecule has 1 unspecified atom stereocenters. The van der Waals surface area contributed by atoms with Crippen molar-refractivity contribution in [2.75, 3.05) is 6.54 Å². The van der Waals surface area contributed by atoms with Crippen LogP contribution < -0.4 is 11.1 Å². The Bertz CT molecular complexity index is 574. The highest BCUT2D eigenvalue weighted by molar-refractivity contribution is 5.81. The Labute approximate surface area is 113 Å². The van der Waals surface area contributed by atoms with Gasteiger partial charge in [-0.05, 0) is 29.6 Å². The number of benzene rings is 1. The van der Waals surface area contributed by atoms with Crippen molar-refractivity contribution in [3.05, 3.63) is 36.0 Å². The Morgan fingerprint density at radius 2 is 2.21 bits per heavy atom. The van der Waals surface area contributed by atoms with Gasteiger partial charge in [-0.3, -0.25) is 4.79 Å². The SMILES string of the molecule is CCNCc1ccc2ccn(CC(C)C(N)=O)c2c1. The largest absolute Gasteiger partial charge is 0.369 e. The summed E-state index contributed by atoms with van der Waals surface area (Å²) < 4.78 is 2.10. The Kier molecular flexibility index (Phi) is 4.22. The molecule has 1 atom stereocenters. The summed E-state index contributed by atoms with van der Waals surface area (Å²) in [6.45, 7) is 6.40. The van der Waals surface area contributed by atoms with Crippen molar-refractivity contribution < 1.29 is 4.79 Å². The number of carbonyl (C=O) groups is 1. The van der Waals surface area contributed by atoms with Crippen molar-refractivity contribution in [1.29, 1.82) is 0 Å². The van der Waals surface area contributed by atoms with Gasteiger partial charge in [0.25, 0.3) is 0 Å². The van der Waals surface area contributed by atoms with Crippen molar-refractivity contribution in [2.24, 2.45) is 11.7 Å². The van der Waals surface area contributed by atoms with Crippen LogP contribution in [0.3, 0.4) is 0 Å². The predicted octanol–water partition coefficient (Wildman–Crippen LogP) is 1.87. The van der Waals surface area contributed by atoms with E-state index < -0.39 is 0 Å². The van der Waals surface area contributed by atoms with Crippen LogP contribution in [0.1, 0.15) is 19.4 Å². The van der Waals surface area contributed by atoms with Crippen LogP contribution in [0.5, 0.6) is 0 Å². The highest BCUT2D eigenvalue weighted by atomic mass is 16.1. The summed E-state index contributed by atoms with van der Waals surface area (Å²) in [5.74, 6) is -0.418. The molecule has 0 aliphatic carbocycles. The maximum Gasteiger partial charge on any atom is 0.222 e. The van der Waals surface area contributed by atoms with Crippen molar-refractivity contribution >= 4 is 16.8 Å². The number of nitrogens with two attached hydrogens (primary N) is 1. The van der Waals surface area contributed by atoms with Crippen molar-refractivity contribution in [3.63, 3.8) is 0 Å². The molecule has 0 bridgehead atoms. The van der Waals surface area contributed by atoms with Gasteiger partial charge in [-0.15, -0.1) is 0 Å². The number of primary amides is 1. The number of aromatic nitrogens is 1. The highest BCUT2D eigenvalue weighted by Crippen LogP contribution is 2.19. The standard InChI is InChI=1S/C15H21N3O/c1-3-17-9-12-4-5-13-6-7-18(14(13)8-12)10-11(2)15(16)19/h4-8,11,17H,3,9-10H2,1-2H3,(H2,16,19). The smallest absolute Gasteiger partial charge is 0.222 e. The summed E-state index contributed by atoms with van der Waals surface area (Å²) >= 11 is 0. The number of rotatable bonds is 6. The minimum absolute atomic E-state index is 0.159. The molecule has 2 aromatic rings. The molecule has 0 aliphatic heterocycles. The Balaban J connectivity index is 2.26. The van der Waals surface area contributed by atoms with E-state index >= 15 is 0 Å². The van der Waals surface area contributed by atoms with Crippen LogP contribution in [-0.2, 0) is 17.9 Å². The van der Waals surface area contributed by atoms with Gasteiger partial charge in [0.1, 0.15) is 0 Å². The summed E-state index contributed by atoms with van der Waals surface area (Å²) in [7, 11) is 0. The van der Waals surface area contributed by atoms with Crippen molar-refractivity contribution in [3.8, 4) is 0 Å². The van der Waals surface area contributed by atoms with E-state index in [-0.39, 0.29) is 11.8 Å². The third-order valence-corrected chi connectivity index (χ3v) is 3.37. The van der Waals surface area contributed by atoms with E-state index in [1.54, 1.807) is 0 Å². The fraction of sp³-hybridized carbons (Fsp3) is 0.400. The van der Waals surface area contributed by atoms with Crippen LogP contribution in [0.25, 0.3) is 10.9 Å². The molecule has 0 aliphatic rings. The highest BCUT2D eigenvalue weighted by Gasteiger charge is 2.11. The van der Waals surface area contributed by atoms with Crippen molar-refractivity contribution in [2.45, 2.75) is 26.9 Å². The van der Waals surface area contributed by atoms with E-state index in [2.05, 4.69) is 41.1 Å². The first-order valence-corrected chi connectivity index (χ1v) is 6.69. The average Bonchev–Trinajstić information content (AvgIpc) is 2.79. The lowest BCUT2D eigenvalue weighted by Gasteiger charge is -2.11. The van der Waals surface area contributed by atoms with Crippen LogP contribution in [0.4, 0.5) is 0 Å². The van der Waals surface area contributed by atoms with E-state index in [1.807, 2.05) is 13.1 Å². The molecule has 0 radical (unpaired) electrons. The molecular formula is C15H21N3O. The summed E-state index contributed by atoms with van der Waals surface area (Å²) in [6, 6.07) is 8.49. The minimum atomic E-state index is -0.259. The molecule has 4 nitrogen and oxygen atoms in total. The fourth-order valence-corrected chi connectivity index (χ4v) is 2.15. The van der Waals surface area contributed by atoms with E-state index in [0.717, 1.165) is 18.6 Å². The zero-order valence-electron chi connectivity index (χ0n) is 11.5. The number of carbonyl (C=O) groups excluding carboxylic acids is 1. The van der Waals surface area contributed by atoms with Crippen LogP contribution in [0.2, 0.25) is 0 Å². The first-order valence-electron chi connectivity index (χ1n) is 6.69. The lowest BCUT2D eigenvalue weighted by molar-refractivity contribution is -0.121. The first-order chi connectivity index (χ1) is 9.11. The summed E-state index contributed by atoms with van der Waals surface area (Å²) in [4.78, 5) is 11.2. The predicted molar refractivity (Wildman–Crippen MR) is 77.7 cm³/mol. The van der Waals surface area contributed by atoms with Crippen LogP contribution >= 0.6 is 0 Å². The number of hydrogen-bond donors (Lipinski definition) is 2. The number of nitrogens with zero attached hydrogens (tertiary/aromatic N) is 1. The number of fused-ring (bicyclic) bond motifs is 1. The molecule has 0 fully saturated rings. The molecule has 102 valence electrons. The number of amides is 1. The molecule has 1 amide bonds. The lowest BCUT2D eigenvalue weighted by Crippen LogP contribution is -2.24. The normalized spacial score (nSPS) is 12.7. The number of hydrogen-bond acceptors (Lipinski definition) is 2. The van der Waals surface area contributed by atoms with Gasteiger partial charge in [0, 0.05) is 24.8 Å². The molecule has 1 aromatic carbocycles. The molecule has 1 heterocycles. The van der Waals surface area contributed by atoms with E-state index in [4.69, 9.17) is 5.73 Å². The molecular weight excluding hydrogens is 238 g/mol. The van der Waals surface area contributed by atoms with E-state index in [1.165, 1.54) is 10.9 Å². The van der Waals surface area contributed by atoms with Gasteiger partial charge >= 0.3 is 0 Å². The molecule has 2 rings (SSSR count). The maximum absolute atomic E-state index is 11.2. The lowest BCUT2D eigenvalue weighted by atomic mass is 10.1. The van der Waals surface area contributed by atoms with Crippen LogP contribution in [-0.4, -0.2) is 17.0 Å². The second kappa shape index (κ2) is 5.89. The number of nitrogens with one attached hydrogen (secondary N) is 1. The third-order valence-electron chi connectivity index (χ3n) is 3.37. The maximum atomic E-state index is 11.2. The molecule has 3 N–H and O–H groups in total. The molecule has 0 saturated heterocycles. The van der Waals surface area contributed by atoms with Gasteiger partial charge in [0.05, 0.1) is 5.92 Å². The third kappa shape index (κ3) is 3.15. The van der Waals surface area contributed by atoms with Crippen LogP contribution in [0, 0.1) is 5.92 Å². The topological polar surface area (TPSA) is 60.1 Å². The quantitative estimate of drug-likeness (QED) is 0.832. The monoisotopic (exact) mass is 259 g/mol. The van der Waals surface area contributed by atoms with Gasteiger partial charge in [-0.1, -0.05) is 26.0 Å². The van der Waals surface area contributed by atoms with Gasteiger partial charge in [-0.25, -0.2) is 0 Å². The van der Waals surface area contributed by atoms with Gasteiger partial charge in [0.15, 0.2) is 0 Å². The Morgan fingerprint density at radius 3 is 2.89 bits per heavy atom. The molecule has 1 aromatic heterocycles. The molecule has 0 spiro atoms. The zero-order chi connectivity index (χ0) is 13.8. The Hall–Kier alpha value is -1.81. The summed E-state index contributed by atoms with van der Waals surface area (Å²) in [6.07, 6.45) is 2.02. The van der Waals surface area contributed by atoms with E-state index in [9.17, 15) is 4.79 Å². The first kappa shape index (κ1) is 13.6. The summed E-state index contributed by atoms with van der Waals surface area (Å²) in [5, 5.41) is 4.51. The molecule has 19 heavy (non-hydrogen) atoms. The van der Waals surface area contributed by atoms with Gasteiger partial charge in [-0.2, -0.15) is 0 Å². The molecule has 0 saturated carbocycles. The molecule has 4 heteroatoms. The fourth-order valence-electron chi connectivity index (χ4n) is 2.15. The van der Waals surface area contributed by atoms with Gasteiger partial charge < -0.3 is 15.6 Å². The van der Waals surface area contributed by atoms with E-state index in [0.29, 0.717) is 6.54 Å². The minimum Gasteiger partial charge on any atom is -0.369 e. The zero-order valence-corrected chi connectivity index (χ0v) is 11.5. The van der Waals surface area contributed by atoms with Gasteiger partial charge in [0.2, 0.25) is 5.91 Å². The van der Waals surface area contributed by atoms with Crippen molar-refractivity contribution in [1.82, 2.24) is 9.88 Å². The average molecular weight is 259 g/mol. The summed E-state index contributed by atoms with van der Waals surface area (Å²) in [5.41, 5.74) is 7.74. The Morgan fingerprint density at radius 1 is 1.42 bits per heavy atom.